The van der Waals surface area contributed by atoms with Crippen molar-refractivity contribution in [3.05, 3.63) is 0 Å². The smallest absolute Gasteiger partial charge is 0.160 e. The van der Waals surface area contributed by atoms with Crippen molar-refractivity contribution in [1.29, 1.82) is 0 Å². The molecule has 0 N–H and O–H groups in total. The highest BCUT2D eigenvalue weighted by molar-refractivity contribution is 14.1. The van der Waals surface area contributed by atoms with E-state index in [0.29, 0.717) is 0 Å². The molecule has 0 aromatic heterocycles. The molecule has 0 heterocycles. The maximum atomic E-state index is 6.80. The molecule has 63 heavy (non-hydrogen) atoms. The molecule has 0 saturated carbocycles. The molecule has 14 unspecified atom stereocenters. The molecule has 3 nitrogen and oxygen atoms in total. The zero-order valence-electron chi connectivity index (χ0n) is 45.3. The number of alkyl halides is 2. The van der Waals surface area contributed by atoms with Crippen LogP contribution in [0.1, 0.15) is 264 Å². The number of halogens is 2. The monoisotopic (exact) mass is 1110 g/mol. The number of ether oxygens (including phenoxy) is 3. The molecule has 0 bridgehead atoms. The zero-order chi connectivity index (χ0) is 47.4. The molecular formula is C58H116I2O3. The molecule has 5 heteroatoms. The fourth-order valence-electron chi connectivity index (χ4n) is 11.9. The SMILES string of the molecule is CCCCCOC(CCCC(C)CC(C)CC(C)CC(C)CC(C)CC(C)CCCI)OC(CCCC(C)CC(C)CC(C)CC(C)CC(C)CC(C)CCCI)OCCCCC. The quantitative estimate of drug-likeness (QED) is 0.0263. The molecular weight excluding hydrogens is 998 g/mol. The standard InChI is InChI=1S/C58H116I2O3/c1-15-17-19-33-61-57(29-21-25-45(3)35-49(7)39-53(11)43-55(13)41-51(9)37-47(5)27-23-31-59)63-58(62-34-20-18-16-2)30-22-26-46(4)36-50(8)40-54(12)44-56(14)42-52(10)38-48(6)28-24-32-60/h45-58H,15-44H2,1-14H3. The summed E-state index contributed by atoms with van der Waals surface area (Å²) < 4.78 is 22.4. The molecule has 0 amide bonds. The van der Waals surface area contributed by atoms with Gasteiger partial charge in [-0.15, -0.1) is 0 Å². The Morgan fingerprint density at radius 3 is 0.762 bits per heavy atom. The Labute approximate surface area is 425 Å². The lowest BCUT2D eigenvalue weighted by molar-refractivity contribution is -0.250. The van der Waals surface area contributed by atoms with Gasteiger partial charge < -0.3 is 14.2 Å². The van der Waals surface area contributed by atoms with Crippen molar-refractivity contribution in [2.45, 2.75) is 276 Å². The van der Waals surface area contributed by atoms with Crippen LogP contribution in [0.15, 0.2) is 0 Å². The third-order valence-corrected chi connectivity index (χ3v) is 15.9. The van der Waals surface area contributed by atoms with Crippen molar-refractivity contribution in [2.24, 2.45) is 71.0 Å². The van der Waals surface area contributed by atoms with Crippen molar-refractivity contribution in [2.75, 3.05) is 22.1 Å². The number of rotatable bonds is 46. The van der Waals surface area contributed by atoms with Crippen molar-refractivity contribution < 1.29 is 14.2 Å². The highest BCUT2D eigenvalue weighted by Gasteiger charge is 2.22. The molecule has 14 atom stereocenters. The molecule has 0 radical (unpaired) electrons. The van der Waals surface area contributed by atoms with Crippen LogP contribution in [0.25, 0.3) is 0 Å². The van der Waals surface area contributed by atoms with Crippen LogP contribution in [0.5, 0.6) is 0 Å². The van der Waals surface area contributed by atoms with E-state index in [1.807, 2.05) is 0 Å². The summed E-state index contributed by atoms with van der Waals surface area (Å²) in [5.74, 6) is 9.83. The molecule has 0 aromatic carbocycles. The maximum Gasteiger partial charge on any atom is 0.160 e. The van der Waals surface area contributed by atoms with Gasteiger partial charge in [0.25, 0.3) is 0 Å². The normalized spacial score (nSPS) is 19.0. The molecule has 0 saturated heterocycles. The Kier molecular flexibility index (Phi) is 43.1. The van der Waals surface area contributed by atoms with Gasteiger partial charge in [0.2, 0.25) is 0 Å². The second-order valence-electron chi connectivity index (χ2n) is 23.3. The minimum atomic E-state index is -0.158. The molecule has 380 valence electrons. The van der Waals surface area contributed by atoms with Gasteiger partial charge in [0.15, 0.2) is 12.6 Å². The van der Waals surface area contributed by atoms with Crippen molar-refractivity contribution in [3.63, 3.8) is 0 Å². The van der Waals surface area contributed by atoms with E-state index >= 15 is 0 Å². The summed E-state index contributed by atoms with van der Waals surface area (Å²) in [5.41, 5.74) is 0. The van der Waals surface area contributed by atoms with Gasteiger partial charge in [0.05, 0.1) is 0 Å². The fourth-order valence-corrected chi connectivity index (χ4v) is 12.8. The van der Waals surface area contributed by atoms with Gasteiger partial charge in [-0.05, 0) is 208 Å². The molecule has 0 fully saturated rings. The number of unbranched alkanes of at least 4 members (excludes halogenated alkanes) is 4. The Morgan fingerprint density at radius 1 is 0.286 bits per heavy atom. The van der Waals surface area contributed by atoms with Gasteiger partial charge in [-0.1, -0.05) is 181 Å². The van der Waals surface area contributed by atoms with Crippen LogP contribution in [0, 0.1) is 71.0 Å². The first-order valence-corrected chi connectivity index (χ1v) is 31.1. The summed E-state index contributed by atoms with van der Waals surface area (Å²) in [5, 5.41) is 0. The van der Waals surface area contributed by atoms with Crippen LogP contribution in [0.3, 0.4) is 0 Å². The molecule has 0 aliphatic heterocycles. The van der Waals surface area contributed by atoms with Crippen molar-refractivity contribution >= 4 is 45.2 Å². The maximum absolute atomic E-state index is 6.80. The first-order valence-electron chi connectivity index (χ1n) is 28.0. The van der Waals surface area contributed by atoms with E-state index in [0.717, 1.165) is 110 Å². The minimum absolute atomic E-state index is 0.158. The van der Waals surface area contributed by atoms with Crippen LogP contribution in [0.4, 0.5) is 0 Å². The van der Waals surface area contributed by atoms with E-state index in [1.54, 1.807) is 0 Å². The lowest BCUT2D eigenvalue weighted by Crippen LogP contribution is -2.28. The van der Waals surface area contributed by atoms with Gasteiger partial charge in [-0.3, -0.25) is 0 Å². The van der Waals surface area contributed by atoms with E-state index in [-0.39, 0.29) is 12.6 Å². The van der Waals surface area contributed by atoms with Gasteiger partial charge in [0, 0.05) is 13.2 Å². The fraction of sp³-hybridized carbons (Fsp3) is 1.00. The van der Waals surface area contributed by atoms with Crippen molar-refractivity contribution in [1.82, 2.24) is 0 Å². The lowest BCUT2D eigenvalue weighted by Gasteiger charge is -2.27. The first-order chi connectivity index (χ1) is 30.0. The predicted molar refractivity (Wildman–Crippen MR) is 300 cm³/mol. The van der Waals surface area contributed by atoms with Gasteiger partial charge >= 0.3 is 0 Å². The Hall–Kier alpha value is 1.34. The van der Waals surface area contributed by atoms with Crippen LogP contribution in [-0.4, -0.2) is 34.6 Å². The summed E-state index contributed by atoms with van der Waals surface area (Å²) in [6.45, 7) is 36.2. The predicted octanol–water partition coefficient (Wildman–Crippen LogP) is 20.4. The van der Waals surface area contributed by atoms with Crippen molar-refractivity contribution in [3.8, 4) is 0 Å². The Balaban J connectivity index is 5.00. The molecule has 0 aromatic rings. The Bertz CT molecular complexity index is 890. The largest absolute Gasteiger partial charge is 0.353 e. The van der Waals surface area contributed by atoms with E-state index < -0.39 is 0 Å². The molecule has 0 spiro atoms. The number of hydrogen-bond donors (Lipinski definition) is 0. The highest BCUT2D eigenvalue weighted by atomic mass is 127. The third kappa shape index (κ3) is 39.8. The summed E-state index contributed by atoms with van der Waals surface area (Å²) in [7, 11) is 0. The molecule has 0 rings (SSSR count). The second kappa shape index (κ2) is 42.2. The summed E-state index contributed by atoms with van der Waals surface area (Å²) in [6, 6.07) is 0. The summed E-state index contributed by atoms with van der Waals surface area (Å²) in [6.07, 6.45) is 32.9. The molecule has 0 aliphatic rings. The summed E-state index contributed by atoms with van der Waals surface area (Å²) >= 11 is 5.06. The van der Waals surface area contributed by atoms with Crippen LogP contribution in [0.2, 0.25) is 0 Å². The topological polar surface area (TPSA) is 27.7 Å². The lowest BCUT2D eigenvalue weighted by atomic mass is 9.81. The third-order valence-electron chi connectivity index (χ3n) is 14.4. The van der Waals surface area contributed by atoms with E-state index in [9.17, 15) is 0 Å². The average molecular weight is 1120 g/mol. The average Bonchev–Trinajstić information content (AvgIpc) is 3.18. The summed E-state index contributed by atoms with van der Waals surface area (Å²) in [4.78, 5) is 0. The first kappa shape index (κ1) is 64.3. The Morgan fingerprint density at radius 2 is 0.524 bits per heavy atom. The van der Waals surface area contributed by atoms with E-state index in [1.165, 1.54) is 150 Å². The molecule has 0 aliphatic carbocycles. The van der Waals surface area contributed by atoms with Gasteiger partial charge in [0.1, 0.15) is 0 Å². The van der Waals surface area contributed by atoms with E-state index in [4.69, 9.17) is 14.2 Å². The van der Waals surface area contributed by atoms with Crippen LogP contribution in [-0.2, 0) is 14.2 Å². The minimum Gasteiger partial charge on any atom is -0.353 e. The van der Waals surface area contributed by atoms with Gasteiger partial charge in [-0.25, -0.2) is 0 Å². The van der Waals surface area contributed by atoms with Crippen LogP contribution < -0.4 is 0 Å². The van der Waals surface area contributed by atoms with E-state index in [2.05, 4.69) is 142 Å². The zero-order valence-corrected chi connectivity index (χ0v) is 49.6. The highest BCUT2D eigenvalue weighted by Crippen LogP contribution is 2.32. The van der Waals surface area contributed by atoms with Gasteiger partial charge in [-0.2, -0.15) is 0 Å². The number of hydrogen-bond acceptors (Lipinski definition) is 3. The second-order valence-corrected chi connectivity index (χ2v) is 25.5. The van der Waals surface area contributed by atoms with Crippen LogP contribution >= 0.6 is 45.2 Å².